The second-order valence-electron chi connectivity index (χ2n) is 7.51. The highest BCUT2D eigenvalue weighted by Crippen LogP contribution is 2.24. The molecule has 0 aromatic carbocycles. The van der Waals surface area contributed by atoms with E-state index in [0.717, 1.165) is 22.6 Å². The summed E-state index contributed by atoms with van der Waals surface area (Å²) in [7, 11) is 0. The van der Waals surface area contributed by atoms with Crippen molar-refractivity contribution in [1.82, 2.24) is 19.6 Å². The van der Waals surface area contributed by atoms with Crippen molar-refractivity contribution in [1.29, 1.82) is 5.26 Å². The standard InChI is InChI=1S/C20H25N7O/c1-12-13(2)26-27-17(22)15(10-21)18(25-19(12)27)23-9-8-14-6-5-7-16(24-14)20(3,4)11-28/h5-7,28H,8-9,11,22H2,1-4H3,(H,23,25). The number of nitrogens with zero attached hydrogens (tertiary/aromatic N) is 5. The first-order valence-corrected chi connectivity index (χ1v) is 9.15. The summed E-state index contributed by atoms with van der Waals surface area (Å²) in [5, 5.41) is 26.6. The number of anilines is 2. The van der Waals surface area contributed by atoms with E-state index in [0.29, 0.717) is 24.4 Å². The summed E-state index contributed by atoms with van der Waals surface area (Å²) in [6.07, 6.45) is 0.643. The highest BCUT2D eigenvalue weighted by atomic mass is 16.3. The number of rotatable bonds is 6. The molecule has 3 aromatic heterocycles. The van der Waals surface area contributed by atoms with Gasteiger partial charge in [0, 0.05) is 35.3 Å². The minimum absolute atomic E-state index is 0.0283. The zero-order valence-corrected chi connectivity index (χ0v) is 16.6. The van der Waals surface area contributed by atoms with Crippen molar-refractivity contribution in [2.75, 3.05) is 24.2 Å². The number of hydrogen-bond donors (Lipinski definition) is 3. The third kappa shape index (κ3) is 3.49. The number of aryl methyl sites for hydroxylation is 2. The van der Waals surface area contributed by atoms with Crippen LogP contribution in [0.4, 0.5) is 11.6 Å². The van der Waals surface area contributed by atoms with Gasteiger partial charge in [0.2, 0.25) is 0 Å². The normalized spacial score (nSPS) is 11.6. The fourth-order valence-electron chi connectivity index (χ4n) is 2.91. The minimum Gasteiger partial charge on any atom is -0.395 e. The van der Waals surface area contributed by atoms with Crippen molar-refractivity contribution in [3.8, 4) is 6.07 Å². The molecular weight excluding hydrogens is 354 g/mol. The van der Waals surface area contributed by atoms with Crippen molar-refractivity contribution >= 4 is 17.3 Å². The van der Waals surface area contributed by atoms with E-state index >= 15 is 0 Å². The molecule has 146 valence electrons. The smallest absolute Gasteiger partial charge is 0.162 e. The number of aliphatic hydroxyl groups excluding tert-OH is 1. The van der Waals surface area contributed by atoms with Crippen LogP contribution in [0.5, 0.6) is 0 Å². The Bertz CT molecular complexity index is 1060. The second-order valence-corrected chi connectivity index (χ2v) is 7.51. The van der Waals surface area contributed by atoms with Gasteiger partial charge >= 0.3 is 0 Å². The summed E-state index contributed by atoms with van der Waals surface area (Å²) in [4.78, 5) is 9.21. The summed E-state index contributed by atoms with van der Waals surface area (Å²) in [6, 6.07) is 7.92. The molecule has 4 N–H and O–H groups in total. The topological polar surface area (TPSA) is 125 Å². The Morgan fingerprint density at radius 1 is 1.29 bits per heavy atom. The number of aromatic nitrogens is 4. The largest absolute Gasteiger partial charge is 0.395 e. The molecule has 3 rings (SSSR count). The van der Waals surface area contributed by atoms with Crippen molar-refractivity contribution in [3.05, 3.63) is 46.4 Å². The molecule has 8 heteroatoms. The molecular formula is C20H25N7O. The Kier molecular flexibility index (Phi) is 5.21. The number of nitrogens with two attached hydrogens (primary N) is 1. The number of pyridine rings is 1. The van der Waals surface area contributed by atoms with Crippen LogP contribution in [0, 0.1) is 25.2 Å². The highest BCUT2D eigenvalue weighted by Gasteiger charge is 2.21. The van der Waals surface area contributed by atoms with E-state index in [-0.39, 0.29) is 18.0 Å². The third-order valence-corrected chi connectivity index (χ3v) is 4.95. The van der Waals surface area contributed by atoms with Gasteiger partial charge in [0.1, 0.15) is 23.3 Å². The summed E-state index contributed by atoms with van der Waals surface area (Å²) in [6.45, 7) is 8.29. The first-order chi connectivity index (χ1) is 13.3. The van der Waals surface area contributed by atoms with Crippen LogP contribution in [0.3, 0.4) is 0 Å². The number of nitrogens with one attached hydrogen (secondary N) is 1. The van der Waals surface area contributed by atoms with Crippen LogP contribution in [0.15, 0.2) is 18.2 Å². The molecule has 0 aliphatic rings. The molecule has 3 aromatic rings. The average molecular weight is 379 g/mol. The predicted octanol–water partition coefficient (Wildman–Crippen LogP) is 2.12. The van der Waals surface area contributed by atoms with Crippen molar-refractivity contribution in [2.24, 2.45) is 0 Å². The van der Waals surface area contributed by atoms with Gasteiger partial charge in [0.15, 0.2) is 5.65 Å². The van der Waals surface area contributed by atoms with Crippen LogP contribution >= 0.6 is 0 Å². The van der Waals surface area contributed by atoms with E-state index in [1.54, 1.807) is 0 Å². The van der Waals surface area contributed by atoms with Crippen molar-refractivity contribution in [3.63, 3.8) is 0 Å². The molecule has 3 heterocycles. The average Bonchev–Trinajstić information content (AvgIpc) is 2.97. The molecule has 0 radical (unpaired) electrons. The lowest BCUT2D eigenvalue weighted by molar-refractivity contribution is 0.215. The van der Waals surface area contributed by atoms with Crippen LogP contribution in [0.25, 0.3) is 5.65 Å². The molecule has 0 atom stereocenters. The van der Waals surface area contributed by atoms with Crippen LogP contribution < -0.4 is 11.1 Å². The molecule has 28 heavy (non-hydrogen) atoms. The van der Waals surface area contributed by atoms with Gasteiger partial charge in [-0.2, -0.15) is 14.9 Å². The quantitative estimate of drug-likeness (QED) is 0.599. The first kappa shape index (κ1) is 19.6. The van der Waals surface area contributed by atoms with E-state index < -0.39 is 5.41 Å². The van der Waals surface area contributed by atoms with Gasteiger partial charge < -0.3 is 16.2 Å². The maximum Gasteiger partial charge on any atom is 0.162 e. The number of hydrogen-bond acceptors (Lipinski definition) is 7. The lowest BCUT2D eigenvalue weighted by atomic mass is 9.90. The fourth-order valence-corrected chi connectivity index (χ4v) is 2.91. The molecule has 0 aliphatic heterocycles. The molecule has 0 fully saturated rings. The van der Waals surface area contributed by atoms with E-state index in [1.807, 2.05) is 45.9 Å². The van der Waals surface area contributed by atoms with E-state index in [9.17, 15) is 10.4 Å². The first-order valence-electron chi connectivity index (χ1n) is 9.15. The Morgan fingerprint density at radius 2 is 2.04 bits per heavy atom. The number of fused-ring (bicyclic) bond motifs is 1. The van der Waals surface area contributed by atoms with E-state index in [4.69, 9.17) is 5.73 Å². The Hall–Kier alpha value is -3.18. The van der Waals surface area contributed by atoms with E-state index in [2.05, 4.69) is 26.5 Å². The van der Waals surface area contributed by atoms with Gasteiger partial charge in [-0.25, -0.2) is 4.98 Å². The Morgan fingerprint density at radius 3 is 2.71 bits per heavy atom. The van der Waals surface area contributed by atoms with Gasteiger partial charge in [0.25, 0.3) is 0 Å². The number of nitriles is 1. The van der Waals surface area contributed by atoms with Crippen LogP contribution in [-0.2, 0) is 11.8 Å². The zero-order valence-electron chi connectivity index (χ0n) is 16.6. The van der Waals surface area contributed by atoms with Crippen LogP contribution in [0.2, 0.25) is 0 Å². The number of aliphatic hydroxyl groups is 1. The molecule has 0 aliphatic carbocycles. The zero-order chi connectivity index (χ0) is 20.5. The summed E-state index contributed by atoms with van der Waals surface area (Å²) >= 11 is 0. The van der Waals surface area contributed by atoms with Gasteiger partial charge in [-0.3, -0.25) is 4.98 Å². The maximum atomic E-state index is 9.55. The SMILES string of the molecule is Cc1nn2c(N)c(C#N)c(NCCc3cccc(C(C)(C)CO)n3)nc2c1C. The predicted molar refractivity (Wildman–Crippen MR) is 108 cm³/mol. The molecule has 0 saturated heterocycles. The third-order valence-electron chi connectivity index (χ3n) is 4.95. The summed E-state index contributed by atoms with van der Waals surface area (Å²) in [5.74, 6) is 0.721. The molecule has 8 nitrogen and oxygen atoms in total. The Balaban J connectivity index is 1.82. The maximum absolute atomic E-state index is 9.55. The molecule has 0 bridgehead atoms. The Labute approximate surface area is 164 Å². The summed E-state index contributed by atoms with van der Waals surface area (Å²) in [5.41, 5.74) is 10.2. The number of nitrogen functional groups attached to an aromatic ring is 1. The van der Waals surface area contributed by atoms with Gasteiger partial charge in [-0.15, -0.1) is 0 Å². The fraction of sp³-hybridized carbons (Fsp3) is 0.400. The minimum atomic E-state index is -0.393. The molecule has 0 amide bonds. The van der Waals surface area contributed by atoms with Gasteiger partial charge in [-0.05, 0) is 26.0 Å². The van der Waals surface area contributed by atoms with E-state index in [1.165, 1.54) is 4.52 Å². The lowest BCUT2D eigenvalue weighted by Gasteiger charge is -2.21. The highest BCUT2D eigenvalue weighted by molar-refractivity contribution is 5.69. The summed E-state index contributed by atoms with van der Waals surface area (Å²) < 4.78 is 1.51. The molecule has 0 unspecified atom stereocenters. The van der Waals surface area contributed by atoms with Gasteiger partial charge in [-0.1, -0.05) is 19.9 Å². The lowest BCUT2D eigenvalue weighted by Crippen LogP contribution is -2.24. The second kappa shape index (κ2) is 7.44. The van der Waals surface area contributed by atoms with Crippen LogP contribution in [0.1, 0.15) is 42.1 Å². The van der Waals surface area contributed by atoms with Crippen LogP contribution in [-0.4, -0.2) is 37.8 Å². The van der Waals surface area contributed by atoms with Gasteiger partial charge in [0.05, 0.1) is 12.3 Å². The molecule has 0 spiro atoms. The molecule has 0 saturated carbocycles. The van der Waals surface area contributed by atoms with Crippen molar-refractivity contribution < 1.29 is 5.11 Å². The monoisotopic (exact) mass is 379 g/mol. The van der Waals surface area contributed by atoms with Crippen molar-refractivity contribution in [2.45, 2.75) is 39.5 Å².